The van der Waals surface area contributed by atoms with Gasteiger partial charge in [0.1, 0.15) is 11.9 Å². The molecule has 23 heavy (non-hydrogen) atoms. The molecule has 0 spiro atoms. The molecule has 2 amide bonds. The number of likely N-dealkylation sites (tertiary alicyclic amines) is 1. The number of ether oxygens (including phenoxy) is 1. The summed E-state index contributed by atoms with van der Waals surface area (Å²) in [5, 5.41) is 3.50. The van der Waals surface area contributed by atoms with Crippen LogP contribution in [0.15, 0.2) is 42.7 Å². The number of carbonyl (C=O) groups is 1. The predicted octanol–water partition coefficient (Wildman–Crippen LogP) is 3.73. The zero-order chi connectivity index (χ0) is 16.2. The molecule has 1 saturated heterocycles. The molecule has 1 aliphatic rings. The maximum Gasteiger partial charge on any atom is 0.321 e. The Balaban J connectivity index is 1.58. The SMILES string of the molecule is Cc1cnccc1NC(=O)N1CC[C@H](Oc2ccccc2Cl)C1. The molecule has 6 heteroatoms. The summed E-state index contributed by atoms with van der Waals surface area (Å²) < 4.78 is 5.90. The number of hydrogen-bond acceptors (Lipinski definition) is 3. The normalized spacial score (nSPS) is 17.1. The predicted molar refractivity (Wildman–Crippen MR) is 90.1 cm³/mol. The number of aromatic nitrogens is 1. The average Bonchev–Trinajstić information content (AvgIpc) is 3.01. The number of anilines is 1. The lowest BCUT2D eigenvalue weighted by Crippen LogP contribution is -2.34. The third-order valence-corrected chi connectivity index (χ3v) is 4.14. The molecule has 1 N–H and O–H groups in total. The van der Waals surface area contributed by atoms with Crippen LogP contribution in [-0.4, -0.2) is 35.1 Å². The molecule has 0 aliphatic carbocycles. The van der Waals surface area contributed by atoms with Gasteiger partial charge < -0.3 is 15.0 Å². The first-order valence-electron chi connectivity index (χ1n) is 7.51. The fraction of sp³-hybridized carbons (Fsp3) is 0.294. The van der Waals surface area contributed by atoms with E-state index in [4.69, 9.17) is 16.3 Å². The van der Waals surface area contributed by atoms with E-state index in [0.29, 0.717) is 23.9 Å². The molecule has 1 aromatic heterocycles. The van der Waals surface area contributed by atoms with Gasteiger partial charge in [0.05, 0.1) is 11.6 Å². The Morgan fingerprint density at radius 3 is 3.00 bits per heavy atom. The molecule has 0 unspecified atom stereocenters. The highest BCUT2D eigenvalue weighted by molar-refractivity contribution is 6.32. The van der Waals surface area contributed by atoms with Crippen LogP contribution in [0.2, 0.25) is 5.02 Å². The zero-order valence-electron chi connectivity index (χ0n) is 12.8. The smallest absolute Gasteiger partial charge is 0.321 e. The molecule has 5 nitrogen and oxygen atoms in total. The molecule has 1 aromatic carbocycles. The zero-order valence-corrected chi connectivity index (χ0v) is 13.6. The Hall–Kier alpha value is -2.27. The molecule has 1 atom stereocenters. The van der Waals surface area contributed by atoms with Gasteiger partial charge in [0, 0.05) is 31.0 Å². The monoisotopic (exact) mass is 331 g/mol. The van der Waals surface area contributed by atoms with Crippen LogP contribution < -0.4 is 10.1 Å². The van der Waals surface area contributed by atoms with Crippen molar-refractivity contribution in [3.63, 3.8) is 0 Å². The van der Waals surface area contributed by atoms with Crippen molar-refractivity contribution in [2.24, 2.45) is 0 Å². The third-order valence-electron chi connectivity index (χ3n) is 3.82. The second-order valence-corrected chi connectivity index (χ2v) is 5.93. The van der Waals surface area contributed by atoms with Crippen LogP contribution in [0.25, 0.3) is 0 Å². The standard InChI is InChI=1S/C17H18ClN3O2/c1-12-10-19-8-6-15(12)20-17(22)21-9-7-13(11-21)23-16-5-3-2-4-14(16)18/h2-6,8,10,13H,7,9,11H2,1H3,(H,19,20,22)/t13-/m0/s1. The molecule has 3 rings (SSSR count). The van der Waals surface area contributed by atoms with Gasteiger partial charge in [-0.25, -0.2) is 4.79 Å². The summed E-state index contributed by atoms with van der Waals surface area (Å²) in [6, 6.07) is 9.05. The van der Waals surface area contributed by atoms with Crippen LogP contribution >= 0.6 is 11.6 Å². The largest absolute Gasteiger partial charge is 0.487 e. The second kappa shape index (κ2) is 6.87. The number of pyridine rings is 1. The summed E-state index contributed by atoms with van der Waals surface area (Å²) in [5.41, 5.74) is 1.71. The number of halogens is 1. The van der Waals surface area contributed by atoms with Gasteiger partial charge in [-0.05, 0) is 30.7 Å². The van der Waals surface area contributed by atoms with E-state index in [1.54, 1.807) is 29.4 Å². The van der Waals surface area contributed by atoms with Gasteiger partial charge in [0.15, 0.2) is 0 Å². The molecule has 0 radical (unpaired) electrons. The number of amides is 2. The van der Waals surface area contributed by atoms with E-state index in [2.05, 4.69) is 10.3 Å². The summed E-state index contributed by atoms with van der Waals surface area (Å²) >= 11 is 6.10. The van der Waals surface area contributed by atoms with Crippen LogP contribution in [0.4, 0.5) is 10.5 Å². The summed E-state index contributed by atoms with van der Waals surface area (Å²) in [7, 11) is 0. The minimum Gasteiger partial charge on any atom is -0.487 e. The molecule has 1 aliphatic heterocycles. The van der Waals surface area contributed by atoms with Crippen molar-refractivity contribution >= 4 is 23.3 Å². The highest BCUT2D eigenvalue weighted by Gasteiger charge is 2.28. The number of nitrogens with zero attached hydrogens (tertiary/aromatic N) is 2. The molecular weight excluding hydrogens is 314 g/mol. The first kappa shape index (κ1) is 15.6. The Morgan fingerprint density at radius 1 is 1.39 bits per heavy atom. The number of hydrogen-bond donors (Lipinski definition) is 1. The second-order valence-electron chi connectivity index (χ2n) is 5.53. The molecule has 0 bridgehead atoms. The molecule has 2 heterocycles. The Morgan fingerprint density at radius 2 is 2.22 bits per heavy atom. The first-order valence-corrected chi connectivity index (χ1v) is 7.89. The van der Waals surface area contributed by atoms with Gasteiger partial charge in [-0.3, -0.25) is 4.98 Å². The van der Waals surface area contributed by atoms with Crippen molar-refractivity contribution in [2.75, 3.05) is 18.4 Å². The van der Waals surface area contributed by atoms with Crippen LogP contribution in [-0.2, 0) is 0 Å². The van der Waals surface area contributed by atoms with Gasteiger partial charge in [-0.1, -0.05) is 23.7 Å². The Labute approximate surface area is 140 Å². The van der Waals surface area contributed by atoms with Crippen molar-refractivity contribution in [3.05, 3.63) is 53.3 Å². The average molecular weight is 332 g/mol. The van der Waals surface area contributed by atoms with E-state index in [1.165, 1.54) is 0 Å². The van der Waals surface area contributed by atoms with Crippen molar-refractivity contribution in [1.29, 1.82) is 0 Å². The lowest BCUT2D eigenvalue weighted by molar-refractivity contribution is 0.195. The van der Waals surface area contributed by atoms with Crippen molar-refractivity contribution in [3.8, 4) is 5.75 Å². The van der Waals surface area contributed by atoms with E-state index < -0.39 is 0 Å². The number of para-hydroxylation sites is 1. The molecule has 120 valence electrons. The number of benzene rings is 1. The first-order chi connectivity index (χ1) is 11.1. The van der Waals surface area contributed by atoms with Crippen molar-refractivity contribution < 1.29 is 9.53 Å². The summed E-state index contributed by atoms with van der Waals surface area (Å²) in [5.74, 6) is 0.659. The van der Waals surface area contributed by atoms with E-state index >= 15 is 0 Å². The van der Waals surface area contributed by atoms with Gasteiger partial charge >= 0.3 is 6.03 Å². The molecule has 2 aromatic rings. The minimum atomic E-state index is -0.121. The Kier molecular flexibility index (Phi) is 4.67. The van der Waals surface area contributed by atoms with Gasteiger partial charge in [0.2, 0.25) is 0 Å². The van der Waals surface area contributed by atoms with Crippen LogP contribution in [0.5, 0.6) is 5.75 Å². The van der Waals surface area contributed by atoms with Crippen molar-refractivity contribution in [2.45, 2.75) is 19.4 Å². The fourth-order valence-electron chi connectivity index (χ4n) is 2.54. The highest BCUT2D eigenvalue weighted by Crippen LogP contribution is 2.26. The van der Waals surface area contributed by atoms with Crippen LogP contribution in [0, 0.1) is 6.92 Å². The maximum atomic E-state index is 12.3. The van der Waals surface area contributed by atoms with E-state index in [-0.39, 0.29) is 12.1 Å². The fourth-order valence-corrected chi connectivity index (χ4v) is 2.72. The number of aryl methyl sites for hydroxylation is 1. The van der Waals surface area contributed by atoms with Gasteiger partial charge in [0.25, 0.3) is 0 Å². The third kappa shape index (κ3) is 3.74. The molecule has 0 saturated carbocycles. The van der Waals surface area contributed by atoms with E-state index in [1.807, 2.05) is 25.1 Å². The lowest BCUT2D eigenvalue weighted by atomic mass is 10.2. The van der Waals surface area contributed by atoms with E-state index in [9.17, 15) is 4.79 Å². The minimum absolute atomic E-state index is 0.0424. The maximum absolute atomic E-state index is 12.3. The molecular formula is C17H18ClN3O2. The van der Waals surface area contributed by atoms with Crippen molar-refractivity contribution in [1.82, 2.24) is 9.88 Å². The lowest BCUT2D eigenvalue weighted by Gasteiger charge is -2.19. The number of urea groups is 1. The van der Waals surface area contributed by atoms with Crippen LogP contribution in [0.3, 0.4) is 0 Å². The summed E-state index contributed by atoms with van der Waals surface area (Å²) in [4.78, 5) is 18.1. The van der Waals surface area contributed by atoms with E-state index in [0.717, 1.165) is 17.7 Å². The highest BCUT2D eigenvalue weighted by atomic mass is 35.5. The summed E-state index contributed by atoms with van der Waals surface area (Å²) in [6.07, 6.45) is 4.13. The van der Waals surface area contributed by atoms with Gasteiger partial charge in [-0.2, -0.15) is 0 Å². The summed E-state index contributed by atoms with van der Waals surface area (Å²) in [6.45, 7) is 3.11. The molecule has 1 fully saturated rings. The topological polar surface area (TPSA) is 54.5 Å². The van der Waals surface area contributed by atoms with Crippen LogP contribution in [0.1, 0.15) is 12.0 Å². The quantitative estimate of drug-likeness (QED) is 0.932. The Bertz CT molecular complexity index is 708. The number of rotatable bonds is 3. The number of nitrogens with one attached hydrogen (secondary N) is 1. The number of carbonyl (C=O) groups excluding carboxylic acids is 1. The van der Waals surface area contributed by atoms with Gasteiger partial charge in [-0.15, -0.1) is 0 Å².